The number of likely N-dealkylation sites (N-methyl/N-ethyl adjacent to an activating group) is 1. The predicted octanol–water partition coefficient (Wildman–Crippen LogP) is 4.75. The van der Waals surface area contributed by atoms with Crippen molar-refractivity contribution in [1.82, 2.24) is 19.4 Å². The van der Waals surface area contributed by atoms with E-state index >= 15 is 0 Å². The van der Waals surface area contributed by atoms with Gasteiger partial charge in [0.15, 0.2) is 0 Å². The third kappa shape index (κ3) is 3.35. The molecule has 2 aromatic heterocycles. The number of nitrogens with zero attached hydrogens (tertiary/aromatic N) is 4. The number of hydrogen-bond acceptors (Lipinski definition) is 4. The molecular weight excluding hydrogens is 376 g/mol. The first kappa shape index (κ1) is 19.0. The SMILES string of the molecule is CCN1CCn2c(-c3ccccc3)cnc2C12CCN(Cc1ccc(C)s1)CC2. The molecule has 5 heteroatoms. The van der Waals surface area contributed by atoms with Gasteiger partial charge in [-0.05, 0) is 44.0 Å². The fourth-order valence-electron chi connectivity index (χ4n) is 5.26. The zero-order chi connectivity index (χ0) is 19.8. The molecule has 0 radical (unpaired) electrons. The van der Waals surface area contributed by atoms with Crippen molar-refractivity contribution in [2.75, 3.05) is 26.2 Å². The first-order valence-corrected chi connectivity index (χ1v) is 11.7. The molecule has 1 spiro atoms. The van der Waals surface area contributed by atoms with Gasteiger partial charge >= 0.3 is 0 Å². The number of fused-ring (bicyclic) bond motifs is 2. The summed E-state index contributed by atoms with van der Waals surface area (Å²) in [5.74, 6) is 1.29. The second-order valence-electron chi connectivity index (χ2n) is 8.38. The summed E-state index contributed by atoms with van der Waals surface area (Å²) in [5.41, 5.74) is 2.63. The zero-order valence-electron chi connectivity index (χ0n) is 17.5. The Morgan fingerprint density at radius 3 is 2.48 bits per heavy atom. The number of aryl methyl sites for hydroxylation is 1. The highest BCUT2D eigenvalue weighted by atomic mass is 32.1. The molecule has 4 nitrogen and oxygen atoms in total. The molecule has 0 N–H and O–H groups in total. The van der Waals surface area contributed by atoms with Crippen molar-refractivity contribution in [1.29, 1.82) is 0 Å². The Labute approximate surface area is 177 Å². The number of aromatic nitrogens is 2. The second-order valence-corrected chi connectivity index (χ2v) is 9.76. The van der Waals surface area contributed by atoms with E-state index in [2.05, 4.69) is 76.9 Å². The highest BCUT2D eigenvalue weighted by molar-refractivity contribution is 7.11. The molecule has 152 valence electrons. The molecule has 2 aliphatic heterocycles. The lowest BCUT2D eigenvalue weighted by molar-refractivity contribution is -0.00751. The van der Waals surface area contributed by atoms with Crippen LogP contribution < -0.4 is 0 Å². The number of rotatable bonds is 4. The number of thiophene rings is 1. The summed E-state index contributed by atoms with van der Waals surface area (Å²) in [6.45, 7) is 11.1. The average Bonchev–Trinajstić information content (AvgIpc) is 3.37. The van der Waals surface area contributed by atoms with Crippen molar-refractivity contribution in [3.05, 3.63) is 64.2 Å². The van der Waals surface area contributed by atoms with E-state index in [-0.39, 0.29) is 5.54 Å². The van der Waals surface area contributed by atoms with Crippen molar-refractivity contribution in [3.63, 3.8) is 0 Å². The Morgan fingerprint density at radius 2 is 1.79 bits per heavy atom. The van der Waals surface area contributed by atoms with Gasteiger partial charge in [0.05, 0.1) is 17.4 Å². The Bertz CT molecular complexity index is 966. The highest BCUT2D eigenvalue weighted by Gasteiger charge is 2.46. The van der Waals surface area contributed by atoms with Gasteiger partial charge in [0.2, 0.25) is 0 Å². The van der Waals surface area contributed by atoms with Gasteiger partial charge in [-0.15, -0.1) is 11.3 Å². The van der Waals surface area contributed by atoms with E-state index in [4.69, 9.17) is 4.98 Å². The van der Waals surface area contributed by atoms with Gasteiger partial charge < -0.3 is 4.57 Å². The Balaban J connectivity index is 1.42. The molecule has 0 bridgehead atoms. The molecular formula is C24H30N4S. The van der Waals surface area contributed by atoms with Crippen LogP contribution in [0, 0.1) is 6.92 Å². The Hall–Kier alpha value is -1.95. The summed E-state index contributed by atoms with van der Waals surface area (Å²) < 4.78 is 2.50. The van der Waals surface area contributed by atoms with Crippen molar-refractivity contribution in [2.45, 2.75) is 45.3 Å². The fraction of sp³-hybridized carbons (Fsp3) is 0.458. The van der Waals surface area contributed by atoms with E-state index in [1.54, 1.807) is 0 Å². The molecule has 5 rings (SSSR count). The number of hydrogen-bond donors (Lipinski definition) is 0. The van der Waals surface area contributed by atoms with E-state index in [1.165, 1.54) is 26.8 Å². The Morgan fingerprint density at radius 1 is 1.00 bits per heavy atom. The van der Waals surface area contributed by atoms with Gasteiger partial charge in [0.25, 0.3) is 0 Å². The number of piperidine rings is 1. The first-order chi connectivity index (χ1) is 14.2. The number of imidazole rings is 1. The molecule has 0 unspecified atom stereocenters. The second kappa shape index (κ2) is 7.71. The van der Waals surface area contributed by atoms with Gasteiger partial charge in [0.1, 0.15) is 5.82 Å². The molecule has 3 aromatic rings. The summed E-state index contributed by atoms with van der Waals surface area (Å²) in [4.78, 5) is 13.2. The highest BCUT2D eigenvalue weighted by Crippen LogP contribution is 2.42. The summed E-state index contributed by atoms with van der Waals surface area (Å²) in [7, 11) is 0. The summed E-state index contributed by atoms with van der Waals surface area (Å²) in [5, 5.41) is 0. The van der Waals surface area contributed by atoms with E-state index in [0.29, 0.717) is 0 Å². The zero-order valence-corrected chi connectivity index (χ0v) is 18.3. The van der Waals surface area contributed by atoms with Gasteiger partial charge in [-0.2, -0.15) is 0 Å². The molecule has 1 fully saturated rings. The molecule has 0 saturated carbocycles. The molecule has 0 aliphatic carbocycles. The van der Waals surface area contributed by atoms with Crippen LogP contribution in [0.25, 0.3) is 11.3 Å². The summed E-state index contributed by atoms with van der Waals surface area (Å²) in [6.07, 6.45) is 4.43. The lowest BCUT2D eigenvalue weighted by Crippen LogP contribution is -2.57. The standard InChI is InChI=1S/C24H30N4S/c1-3-27-15-16-28-22(20-7-5-4-6-8-20)17-25-23(28)24(27)11-13-26(14-12-24)18-21-10-9-19(2)29-21/h4-10,17H,3,11-16,18H2,1-2H3. The monoisotopic (exact) mass is 406 g/mol. The van der Waals surface area contributed by atoms with Crippen molar-refractivity contribution in [2.24, 2.45) is 0 Å². The van der Waals surface area contributed by atoms with Crippen LogP contribution >= 0.6 is 11.3 Å². The first-order valence-electron chi connectivity index (χ1n) is 10.8. The average molecular weight is 407 g/mol. The molecule has 1 saturated heterocycles. The van der Waals surface area contributed by atoms with E-state index in [0.717, 1.165) is 52.1 Å². The predicted molar refractivity (Wildman–Crippen MR) is 120 cm³/mol. The van der Waals surface area contributed by atoms with Crippen LogP contribution in [-0.4, -0.2) is 45.5 Å². The van der Waals surface area contributed by atoms with Crippen molar-refractivity contribution >= 4 is 11.3 Å². The quantitative estimate of drug-likeness (QED) is 0.625. The van der Waals surface area contributed by atoms with Crippen LogP contribution in [0.3, 0.4) is 0 Å². The van der Waals surface area contributed by atoms with Crippen LogP contribution in [0.1, 0.15) is 35.3 Å². The fourth-order valence-corrected chi connectivity index (χ4v) is 6.19. The normalized spacial score (nSPS) is 19.5. The maximum absolute atomic E-state index is 5.03. The molecule has 0 amide bonds. The van der Waals surface area contributed by atoms with Gasteiger partial charge in [0, 0.05) is 42.5 Å². The van der Waals surface area contributed by atoms with Gasteiger partial charge in [-0.3, -0.25) is 9.80 Å². The molecule has 29 heavy (non-hydrogen) atoms. The Kier molecular flexibility index (Phi) is 5.06. The maximum atomic E-state index is 5.03. The van der Waals surface area contributed by atoms with Crippen LogP contribution in [0.5, 0.6) is 0 Å². The van der Waals surface area contributed by atoms with Gasteiger partial charge in [-0.1, -0.05) is 37.3 Å². The van der Waals surface area contributed by atoms with Crippen molar-refractivity contribution < 1.29 is 0 Å². The minimum Gasteiger partial charge on any atom is -0.325 e. The van der Waals surface area contributed by atoms with Crippen LogP contribution in [-0.2, 0) is 18.6 Å². The number of likely N-dealkylation sites (tertiary alicyclic amines) is 1. The van der Waals surface area contributed by atoms with Crippen LogP contribution in [0.15, 0.2) is 48.7 Å². The molecule has 4 heterocycles. The molecule has 0 atom stereocenters. The summed E-state index contributed by atoms with van der Waals surface area (Å²) in [6, 6.07) is 15.3. The minimum absolute atomic E-state index is 0.0852. The maximum Gasteiger partial charge on any atom is 0.129 e. The minimum atomic E-state index is 0.0852. The lowest BCUT2D eigenvalue weighted by atomic mass is 9.83. The molecule has 1 aromatic carbocycles. The van der Waals surface area contributed by atoms with Crippen molar-refractivity contribution in [3.8, 4) is 11.3 Å². The smallest absolute Gasteiger partial charge is 0.129 e. The summed E-state index contributed by atoms with van der Waals surface area (Å²) >= 11 is 1.93. The lowest BCUT2D eigenvalue weighted by Gasteiger charge is -2.50. The molecule has 2 aliphatic rings. The van der Waals surface area contributed by atoms with Gasteiger partial charge in [-0.25, -0.2) is 4.98 Å². The van der Waals surface area contributed by atoms with Crippen LogP contribution in [0.2, 0.25) is 0 Å². The van der Waals surface area contributed by atoms with E-state index in [1.807, 2.05) is 11.3 Å². The number of benzene rings is 1. The topological polar surface area (TPSA) is 24.3 Å². The third-order valence-corrected chi connectivity index (χ3v) is 7.77. The largest absolute Gasteiger partial charge is 0.325 e. The van der Waals surface area contributed by atoms with Crippen LogP contribution in [0.4, 0.5) is 0 Å². The van der Waals surface area contributed by atoms with E-state index in [9.17, 15) is 0 Å². The van der Waals surface area contributed by atoms with E-state index < -0.39 is 0 Å². The third-order valence-electron chi connectivity index (χ3n) is 6.78.